The summed E-state index contributed by atoms with van der Waals surface area (Å²) in [6.07, 6.45) is 6.76. The fourth-order valence-corrected chi connectivity index (χ4v) is 5.57. The molecule has 5 heteroatoms. The van der Waals surface area contributed by atoms with Crippen LogP contribution in [0.5, 0.6) is 0 Å². The van der Waals surface area contributed by atoms with Crippen molar-refractivity contribution in [2.24, 2.45) is 0 Å². The lowest BCUT2D eigenvalue weighted by atomic mass is 9.95. The maximum absolute atomic E-state index is 5.85. The van der Waals surface area contributed by atoms with Crippen LogP contribution in [0, 0.1) is 0 Å². The molecule has 1 aliphatic carbocycles. The third-order valence-electron chi connectivity index (χ3n) is 3.41. The molecular formula is C10H21N2OPS. The van der Waals surface area contributed by atoms with E-state index in [1.165, 1.54) is 32.1 Å². The quantitative estimate of drug-likeness (QED) is 0.697. The molecule has 1 atom stereocenters. The minimum absolute atomic E-state index is 0.689. The van der Waals surface area contributed by atoms with Crippen molar-refractivity contribution in [1.29, 1.82) is 0 Å². The van der Waals surface area contributed by atoms with Crippen molar-refractivity contribution in [3.8, 4) is 0 Å². The normalized spacial score (nSPS) is 35.1. The highest BCUT2D eigenvalue weighted by atomic mass is 32.5. The third kappa shape index (κ3) is 2.29. The van der Waals surface area contributed by atoms with Crippen LogP contribution in [0.1, 0.15) is 32.1 Å². The van der Waals surface area contributed by atoms with Crippen molar-refractivity contribution < 1.29 is 4.52 Å². The fourth-order valence-electron chi connectivity index (χ4n) is 2.57. The molecule has 0 bridgehead atoms. The standard InChI is InChI=1S/C10H21N2OPS/c1-11(2)14(15)12(8-9-13-14)10-6-4-3-5-7-10/h10H,3-9H2,1-2H3. The van der Waals surface area contributed by atoms with E-state index in [1.54, 1.807) is 0 Å². The van der Waals surface area contributed by atoms with Gasteiger partial charge in [-0.15, -0.1) is 0 Å². The summed E-state index contributed by atoms with van der Waals surface area (Å²) in [5, 5.41) is 0. The predicted molar refractivity (Wildman–Crippen MR) is 67.5 cm³/mol. The largest absolute Gasteiger partial charge is 0.325 e. The van der Waals surface area contributed by atoms with Crippen molar-refractivity contribution in [2.45, 2.75) is 38.1 Å². The number of nitrogens with zero attached hydrogens (tertiary/aromatic N) is 2. The molecule has 15 heavy (non-hydrogen) atoms. The van der Waals surface area contributed by atoms with E-state index in [1.807, 2.05) is 0 Å². The summed E-state index contributed by atoms with van der Waals surface area (Å²) < 4.78 is 10.5. The predicted octanol–water partition coefficient (Wildman–Crippen LogP) is 2.44. The molecule has 2 rings (SSSR count). The molecule has 0 aromatic rings. The van der Waals surface area contributed by atoms with Gasteiger partial charge in [0.15, 0.2) is 0 Å². The average molecular weight is 248 g/mol. The smallest absolute Gasteiger partial charge is 0.203 e. The summed E-state index contributed by atoms with van der Waals surface area (Å²) >= 11 is 5.73. The molecule has 88 valence electrons. The van der Waals surface area contributed by atoms with Crippen molar-refractivity contribution in [2.75, 3.05) is 27.2 Å². The SMILES string of the molecule is CN(C)P1(=S)OCCN1C1CCCCC1. The van der Waals surface area contributed by atoms with Gasteiger partial charge in [-0.05, 0) is 38.7 Å². The Kier molecular flexibility index (Phi) is 3.84. The van der Waals surface area contributed by atoms with Crippen LogP contribution in [0.15, 0.2) is 0 Å². The summed E-state index contributed by atoms with van der Waals surface area (Å²) in [7, 11) is 4.11. The van der Waals surface area contributed by atoms with E-state index in [9.17, 15) is 0 Å². The van der Waals surface area contributed by atoms with Crippen LogP contribution < -0.4 is 0 Å². The highest BCUT2D eigenvalue weighted by Crippen LogP contribution is 2.58. The van der Waals surface area contributed by atoms with Crippen molar-refractivity contribution >= 4 is 18.4 Å². The van der Waals surface area contributed by atoms with Gasteiger partial charge in [0.2, 0.25) is 6.57 Å². The van der Waals surface area contributed by atoms with Crippen LogP contribution in [-0.2, 0) is 16.3 Å². The van der Waals surface area contributed by atoms with Crippen LogP contribution in [-0.4, -0.2) is 42.6 Å². The molecule has 0 amide bonds. The number of hydrogen-bond acceptors (Lipinski definition) is 2. The van der Waals surface area contributed by atoms with E-state index < -0.39 is 6.57 Å². The minimum Gasteiger partial charge on any atom is -0.325 e. The highest BCUT2D eigenvalue weighted by Gasteiger charge is 2.39. The first-order chi connectivity index (χ1) is 7.14. The zero-order valence-electron chi connectivity index (χ0n) is 9.69. The zero-order chi connectivity index (χ0) is 10.9. The Morgan fingerprint density at radius 3 is 2.53 bits per heavy atom. The summed E-state index contributed by atoms with van der Waals surface area (Å²) in [5.41, 5.74) is 0. The first-order valence-electron chi connectivity index (χ1n) is 5.84. The van der Waals surface area contributed by atoms with Gasteiger partial charge < -0.3 is 4.52 Å². The molecule has 0 radical (unpaired) electrons. The summed E-state index contributed by atoms with van der Waals surface area (Å²) in [4.78, 5) is 0. The van der Waals surface area contributed by atoms with E-state index >= 15 is 0 Å². The Morgan fingerprint density at radius 1 is 1.27 bits per heavy atom. The van der Waals surface area contributed by atoms with Gasteiger partial charge in [-0.2, -0.15) is 0 Å². The molecule has 0 aromatic heterocycles. The lowest BCUT2D eigenvalue weighted by molar-refractivity contribution is 0.272. The van der Waals surface area contributed by atoms with Crippen LogP contribution >= 0.6 is 6.57 Å². The van der Waals surface area contributed by atoms with Crippen LogP contribution in [0.25, 0.3) is 0 Å². The first kappa shape index (κ1) is 12.0. The molecule has 2 fully saturated rings. The molecule has 0 spiro atoms. The maximum Gasteiger partial charge on any atom is 0.203 e. The second-order valence-corrected chi connectivity index (χ2v) is 8.61. The Hall–Kier alpha value is 0.530. The van der Waals surface area contributed by atoms with Gasteiger partial charge in [-0.1, -0.05) is 19.3 Å². The van der Waals surface area contributed by atoms with Gasteiger partial charge in [0.25, 0.3) is 0 Å². The summed E-state index contributed by atoms with van der Waals surface area (Å²) in [6, 6.07) is 0.689. The van der Waals surface area contributed by atoms with Crippen LogP contribution in [0.2, 0.25) is 0 Å². The number of hydrogen-bond donors (Lipinski definition) is 0. The van der Waals surface area contributed by atoms with Crippen molar-refractivity contribution in [1.82, 2.24) is 9.34 Å². The summed E-state index contributed by atoms with van der Waals surface area (Å²) in [6.45, 7) is 0.0465. The topological polar surface area (TPSA) is 15.7 Å². The monoisotopic (exact) mass is 248 g/mol. The third-order valence-corrected chi connectivity index (χ3v) is 8.04. The molecule has 2 aliphatic rings. The molecular weight excluding hydrogens is 227 g/mol. The van der Waals surface area contributed by atoms with Crippen molar-refractivity contribution in [3.63, 3.8) is 0 Å². The van der Waals surface area contributed by atoms with Crippen molar-refractivity contribution in [3.05, 3.63) is 0 Å². The fraction of sp³-hybridized carbons (Fsp3) is 1.00. The average Bonchev–Trinajstić information content (AvgIpc) is 2.63. The van der Waals surface area contributed by atoms with E-state index in [2.05, 4.69) is 23.4 Å². The number of rotatable bonds is 2. The Morgan fingerprint density at radius 2 is 1.93 bits per heavy atom. The van der Waals surface area contributed by atoms with E-state index in [0.717, 1.165) is 13.2 Å². The molecule has 0 N–H and O–H groups in total. The van der Waals surface area contributed by atoms with Gasteiger partial charge in [0, 0.05) is 12.6 Å². The Labute approximate surface area is 98.0 Å². The van der Waals surface area contributed by atoms with Crippen LogP contribution in [0.3, 0.4) is 0 Å². The van der Waals surface area contributed by atoms with Gasteiger partial charge >= 0.3 is 0 Å². The molecule has 0 aromatic carbocycles. The lowest BCUT2D eigenvalue weighted by Gasteiger charge is -2.38. The molecule has 3 nitrogen and oxygen atoms in total. The van der Waals surface area contributed by atoms with Crippen LogP contribution in [0.4, 0.5) is 0 Å². The lowest BCUT2D eigenvalue weighted by Crippen LogP contribution is -2.35. The first-order valence-corrected chi connectivity index (χ1v) is 8.46. The molecule has 1 heterocycles. The second-order valence-electron chi connectivity index (χ2n) is 4.63. The highest BCUT2D eigenvalue weighted by molar-refractivity contribution is 8.10. The molecule has 1 saturated carbocycles. The van der Waals surface area contributed by atoms with Gasteiger partial charge in [-0.3, -0.25) is 0 Å². The minimum atomic E-state index is -1.82. The Balaban J connectivity index is 2.10. The van der Waals surface area contributed by atoms with E-state index in [-0.39, 0.29) is 0 Å². The van der Waals surface area contributed by atoms with E-state index in [0.29, 0.717) is 6.04 Å². The summed E-state index contributed by atoms with van der Waals surface area (Å²) in [5.74, 6) is 0. The second kappa shape index (κ2) is 4.80. The van der Waals surface area contributed by atoms with Gasteiger partial charge in [-0.25, -0.2) is 9.34 Å². The Bertz CT molecular complexity index is 266. The van der Waals surface area contributed by atoms with E-state index in [4.69, 9.17) is 16.3 Å². The van der Waals surface area contributed by atoms with Gasteiger partial charge in [0.1, 0.15) is 0 Å². The molecule has 1 aliphatic heterocycles. The van der Waals surface area contributed by atoms with Gasteiger partial charge in [0.05, 0.1) is 6.61 Å². The maximum atomic E-state index is 5.85. The molecule has 1 saturated heterocycles. The molecule has 1 unspecified atom stereocenters. The zero-order valence-corrected chi connectivity index (χ0v) is 11.4.